The van der Waals surface area contributed by atoms with Crippen LogP contribution < -0.4 is 0 Å². The zero-order chi connectivity index (χ0) is 17.2. The Morgan fingerprint density at radius 3 is 2.60 bits per heavy atom. The summed E-state index contributed by atoms with van der Waals surface area (Å²) in [5.74, 6) is 0.549. The van der Waals surface area contributed by atoms with E-state index in [4.69, 9.17) is 16.0 Å². The van der Waals surface area contributed by atoms with Gasteiger partial charge in [0.25, 0.3) is 0 Å². The number of hydrogen-bond donors (Lipinski definition) is 0. The quantitative estimate of drug-likeness (QED) is 0.508. The minimum absolute atomic E-state index is 0.549. The Labute approximate surface area is 150 Å². The summed E-state index contributed by atoms with van der Waals surface area (Å²) in [7, 11) is 0. The molecule has 0 aliphatic carbocycles. The van der Waals surface area contributed by atoms with Gasteiger partial charge in [0.1, 0.15) is 10.7 Å². The van der Waals surface area contributed by atoms with Gasteiger partial charge >= 0.3 is 0 Å². The summed E-state index contributed by atoms with van der Waals surface area (Å²) < 4.78 is 7.51. The minimum Gasteiger partial charge on any atom is -0.437 e. The SMILES string of the molecule is Cc1nn(Cc2ccccc2)c(Cl)c1/C=C/c1nc2ccccc2o1. The van der Waals surface area contributed by atoms with E-state index in [0.29, 0.717) is 17.6 Å². The molecule has 2 aromatic heterocycles. The summed E-state index contributed by atoms with van der Waals surface area (Å²) in [6.45, 7) is 2.58. The summed E-state index contributed by atoms with van der Waals surface area (Å²) in [5.41, 5.74) is 4.50. The summed E-state index contributed by atoms with van der Waals surface area (Å²) in [6.07, 6.45) is 3.72. The molecule has 4 nitrogen and oxygen atoms in total. The van der Waals surface area contributed by atoms with Gasteiger partial charge in [-0.2, -0.15) is 5.10 Å². The number of oxazole rings is 1. The fourth-order valence-electron chi connectivity index (χ4n) is 2.73. The molecular weight excluding hydrogens is 334 g/mol. The van der Waals surface area contributed by atoms with Crippen LogP contribution in [0.5, 0.6) is 0 Å². The van der Waals surface area contributed by atoms with Crippen molar-refractivity contribution in [3.05, 3.63) is 82.5 Å². The van der Waals surface area contributed by atoms with Crippen LogP contribution in [-0.4, -0.2) is 14.8 Å². The van der Waals surface area contributed by atoms with E-state index >= 15 is 0 Å². The molecule has 5 heteroatoms. The Kier molecular flexibility index (Phi) is 4.12. The molecule has 0 radical (unpaired) electrons. The molecule has 0 saturated heterocycles. The Hall–Kier alpha value is -2.85. The van der Waals surface area contributed by atoms with Crippen LogP contribution in [0.4, 0.5) is 0 Å². The van der Waals surface area contributed by atoms with E-state index < -0.39 is 0 Å². The predicted octanol–water partition coefficient (Wildman–Crippen LogP) is 5.20. The largest absolute Gasteiger partial charge is 0.437 e. The van der Waals surface area contributed by atoms with Gasteiger partial charge in [-0.05, 0) is 30.7 Å². The molecule has 4 rings (SSSR count). The van der Waals surface area contributed by atoms with Crippen LogP contribution >= 0.6 is 11.6 Å². The average molecular weight is 350 g/mol. The van der Waals surface area contributed by atoms with Gasteiger partial charge in [-0.25, -0.2) is 9.67 Å². The molecule has 0 N–H and O–H groups in total. The molecule has 0 unspecified atom stereocenters. The first-order valence-corrected chi connectivity index (χ1v) is 8.39. The lowest BCUT2D eigenvalue weighted by Gasteiger charge is -2.03. The number of rotatable bonds is 4. The number of para-hydroxylation sites is 2. The maximum atomic E-state index is 6.52. The molecule has 124 valence electrons. The lowest BCUT2D eigenvalue weighted by atomic mass is 10.2. The molecule has 0 atom stereocenters. The van der Waals surface area contributed by atoms with E-state index in [0.717, 1.165) is 27.9 Å². The molecule has 2 aromatic carbocycles. The number of halogens is 1. The maximum absolute atomic E-state index is 6.52. The van der Waals surface area contributed by atoms with E-state index in [2.05, 4.69) is 22.2 Å². The Morgan fingerprint density at radius 1 is 1.04 bits per heavy atom. The van der Waals surface area contributed by atoms with Crippen LogP contribution in [0, 0.1) is 6.92 Å². The van der Waals surface area contributed by atoms with Crippen molar-refractivity contribution in [2.45, 2.75) is 13.5 Å². The second-order valence-electron chi connectivity index (χ2n) is 5.79. The lowest BCUT2D eigenvalue weighted by Crippen LogP contribution is -2.01. The van der Waals surface area contributed by atoms with Crippen molar-refractivity contribution in [1.29, 1.82) is 0 Å². The zero-order valence-corrected chi connectivity index (χ0v) is 14.4. The number of aromatic nitrogens is 3. The van der Waals surface area contributed by atoms with Crippen LogP contribution in [0.15, 0.2) is 59.0 Å². The Balaban J connectivity index is 1.62. The second kappa shape index (κ2) is 6.57. The molecule has 0 fully saturated rings. The summed E-state index contributed by atoms with van der Waals surface area (Å²) in [4.78, 5) is 4.44. The van der Waals surface area contributed by atoms with Crippen LogP contribution in [0.2, 0.25) is 5.15 Å². The first-order valence-electron chi connectivity index (χ1n) is 8.01. The number of fused-ring (bicyclic) bond motifs is 1. The van der Waals surface area contributed by atoms with Crippen LogP contribution in [0.25, 0.3) is 23.3 Å². The standard InChI is InChI=1S/C20H16ClN3O/c1-14-16(11-12-19-22-17-9-5-6-10-18(17)25-19)20(21)24(23-14)13-15-7-3-2-4-8-15/h2-12H,13H2,1H3/b12-11+. The number of hydrogen-bond acceptors (Lipinski definition) is 3. The van der Waals surface area contributed by atoms with Crippen LogP contribution in [0.3, 0.4) is 0 Å². The van der Waals surface area contributed by atoms with Gasteiger partial charge in [-0.15, -0.1) is 0 Å². The van der Waals surface area contributed by atoms with Crippen molar-refractivity contribution in [2.24, 2.45) is 0 Å². The highest BCUT2D eigenvalue weighted by atomic mass is 35.5. The lowest BCUT2D eigenvalue weighted by molar-refractivity contribution is 0.589. The molecule has 0 amide bonds. The topological polar surface area (TPSA) is 43.9 Å². The van der Waals surface area contributed by atoms with Gasteiger partial charge in [-0.1, -0.05) is 54.1 Å². The third kappa shape index (κ3) is 3.21. The Morgan fingerprint density at radius 2 is 1.80 bits per heavy atom. The van der Waals surface area contributed by atoms with E-state index in [1.165, 1.54) is 0 Å². The molecule has 25 heavy (non-hydrogen) atoms. The third-order valence-electron chi connectivity index (χ3n) is 3.99. The van der Waals surface area contributed by atoms with Crippen molar-refractivity contribution in [1.82, 2.24) is 14.8 Å². The molecular formula is C20H16ClN3O. The molecule has 0 aliphatic heterocycles. The van der Waals surface area contributed by atoms with E-state index in [1.54, 1.807) is 4.68 Å². The third-order valence-corrected chi connectivity index (χ3v) is 4.39. The molecule has 0 aliphatic rings. The second-order valence-corrected chi connectivity index (χ2v) is 6.14. The van der Waals surface area contributed by atoms with Gasteiger partial charge in [0, 0.05) is 11.6 Å². The van der Waals surface area contributed by atoms with Crippen molar-refractivity contribution < 1.29 is 4.42 Å². The van der Waals surface area contributed by atoms with Gasteiger partial charge in [0.15, 0.2) is 5.58 Å². The van der Waals surface area contributed by atoms with E-state index in [-0.39, 0.29) is 0 Å². The average Bonchev–Trinajstić information content (AvgIpc) is 3.15. The zero-order valence-electron chi connectivity index (χ0n) is 13.7. The minimum atomic E-state index is 0.549. The first-order chi connectivity index (χ1) is 12.2. The van der Waals surface area contributed by atoms with Gasteiger partial charge in [0.2, 0.25) is 5.89 Å². The molecule has 0 bridgehead atoms. The highest BCUT2D eigenvalue weighted by Crippen LogP contribution is 2.24. The first kappa shape index (κ1) is 15.7. The van der Waals surface area contributed by atoms with Crippen molar-refractivity contribution in [3.63, 3.8) is 0 Å². The molecule has 0 spiro atoms. The predicted molar refractivity (Wildman–Crippen MR) is 100 cm³/mol. The fraction of sp³-hybridized carbons (Fsp3) is 0.100. The van der Waals surface area contributed by atoms with Gasteiger partial charge < -0.3 is 4.42 Å². The van der Waals surface area contributed by atoms with Crippen LogP contribution in [0.1, 0.15) is 22.7 Å². The van der Waals surface area contributed by atoms with Crippen molar-refractivity contribution >= 4 is 34.9 Å². The van der Waals surface area contributed by atoms with E-state index in [9.17, 15) is 0 Å². The number of benzene rings is 2. The highest BCUT2D eigenvalue weighted by Gasteiger charge is 2.12. The normalized spacial score (nSPS) is 11.6. The van der Waals surface area contributed by atoms with Gasteiger partial charge in [-0.3, -0.25) is 0 Å². The highest BCUT2D eigenvalue weighted by molar-refractivity contribution is 6.31. The summed E-state index contributed by atoms with van der Waals surface area (Å²) in [5, 5.41) is 5.15. The molecule has 4 aromatic rings. The smallest absolute Gasteiger partial charge is 0.220 e. The van der Waals surface area contributed by atoms with Crippen LogP contribution in [-0.2, 0) is 6.54 Å². The summed E-state index contributed by atoms with van der Waals surface area (Å²) >= 11 is 6.52. The van der Waals surface area contributed by atoms with E-state index in [1.807, 2.05) is 61.5 Å². The number of aryl methyl sites for hydroxylation is 1. The number of nitrogens with zero attached hydrogens (tertiary/aromatic N) is 3. The molecule has 0 saturated carbocycles. The Bertz CT molecular complexity index is 1010. The fourth-order valence-corrected chi connectivity index (χ4v) is 3.03. The van der Waals surface area contributed by atoms with Crippen molar-refractivity contribution in [3.8, 4) is 0 Å². The van der Waals surface area contributed by atoms with Crippen molar-refractivity contribution in [2.75, 3.05) is 0 Å². The molecule has 2 heterocycles. The van der Waals surface area contributed by atoms with Gasteiger partial charge in [0.05, 0.1) is 12.2 Å². The summed E-state index contributed by atoms with van der Waals surface area (Å²) in [6, 6.07) is 17.8. The monoisotopic (exact) mass is 349 g/mol. The maximum Gasteiger partial charge on any atom is 0.220 e.